The molecule has 19 heavy (non-hydrogen) atoms. The molecule has 0 spiro atoms. The lowest BCUT2D eigenvalue weighted by Crippen LogP contribution is -2.40. The van der Waals surface area contributed by atoms with Crippen LogP contribution in [0.3, 0.4) is 0 Å². The summed E-state index contributed by atoms with van der Waals surface area (Å²) in [4.78, 5) is 32.7. The number of rotatable bonds is 5. The van der Waals surface area contributed by atoms with Gasteiger partial charge in [-0.25, -0.2) is 4.57 Å². The molecule has 0 fully saturated rings. The van der Waals surface area contributed by atoms with Gasteiger partial charge in [0.15, 0.2) is 5.69 Å². The van der Waals surface area contributed by atoms with Gasteiger partial charge < -0.3 is 20.5 Å². The lowest BCUT2D eigenvalue weighted by molar-refractivity contribution is -0.391. The zero-order valence-corrected chi connectivity index (χ0v) is 10.8. The molecule has 0 saturated carbocycles. The van der Waals surface area contributed by atoms with Crippen molar-refractivity contribution in [2.24, 2.45) is 13.0 Å². The maximum Gasteiger partial charge on any atom is 0.323 e. The Kier molecular flexibility index (Phi) is 4.26. The Bertz CT molecular complexity index is 522. The van der Waals surface area contributed by atoms with Gasteiger partial charge in [-0.15, -0.1) is 0 Å². The maximum absolute atomic E-state index is 11.9. The highest BCUT2D eigenvalue weighted by atomic mass is 16.6. The number of aliphatic carboxylic acids is 1. The summed E-state index contributed by atoms with van der Waals surface area (Å²) in [5, 5.41) is 22.0. The summed E-state index contributed by atoms with van der Waals surface area (Å²) in [6.07, 6.45) is 0. The summed E-state index contributed by atoms with van der Waals surface area (Å²) in [5.41, 5.74) is 0.108. The van der Waals surface area contributed by atoms with Crippen LogP contribution in [0.5, 0.6) is 0 Å². The molecule has 2 N–H and O–H groups in total. The summed E-state index contributed by atoms with van der Waals surface area (Å²) in [6.45, 7) is 3.04. The Hall–Kier alpha value is -2.38. The molecule has 8 heteroatoms. The largest absolute Gasteiger partial charge is 0.481 e. The van der Waals surface area contributed by atoms with Crippen LogP contribution in [0.2, 0.25) is 0 Å². The average molecular weight is 269 g/mol. The molecule has 0 bridgehead atoms. The Morgan fingerprint density at radius 2 is 2.00 bits per heavy atom. The van der Waals surface area contributed by atoms with Gasteiger partial charge in [0.25, 0.3) is 5.91 Å². The van der Waals surface area contributed by atoms with E-state index >= 15 is 0 Å². The van der Waals surface area contributed by atoms with Gasteiger partial charge in [-0.2, -0.15) is 0 Å². The number of carboxylic acids is 1. The van der Waals surface area contributed by atoms with Crippen molar-refractivity contribution in [2.45, 2.75) is 19.9 Å². The molecule has 0 aliphatic rings. The quantitative estimate of drug-likeness (QED) is 0.605. The van der Waals surface area contributed by atoms with Crippen LogP contribution in [0.1, 0.15) is 24.3 Å². The molecule has 104 valence electrons. The fourth-order valence-electron chi connectivity index (χ4n) is 1.53. The van der Waals surface area contributed by atoms with Crippen molar-refractivity contribution in [1.29, 1.82) is 0 Å². The highest BCUT2D eigenvalue weighted by molar-refractivity contribution is 5.93. The van der Waals surface area contributed by atoms with Crippen molar-refractivity contribution in [3.8, 4) is 0 Å². The molecule has 1 aromatic heterocycles. The molecule has 0 radical (unpaired) electrons. The van der Waals surface area contributed by atoms with Crippen LogP contribution in [0, 0.1) is 16.0 Å². The zero-order valence-electron chi connectivity index (χ0n) is 10.8. The minimum absolute atomic E-state index is 0.108. The fourth-order valence-corrected chi connectivity index (χ4v) is 1.53. The molecule has 2 atom stereocenters. The van der Waals surface area contributed by atoms with Gasteiger partial charge in [-0.05, 0) is 24.8 Å². The highest BCUT2D eigenvalue weighted by Gasteiger charge is 2.25. The molecule has 1 heterocycles. The second-order valence-corrected chi connectivity index (χ2v) is 4.28. The number of nitrogens with one attached hydrogen (secondary N) is 1. The van der Waals surface area contributed by atoms with E-state index in [1.165, 1.54) is 26.1 Å². The van der Waals surface area contributed by atoms with Crippen LogP contribution in [0.4, 0.5) is 5.82 Å². The summed E-state index contributed by atoms with van der Waals surface area (Å²) in [5.74, 6) is -2.52. The van der Waals surface area contributed by atoms with Gasteiger partial charge in [0, 0.05) is 12.1 Å². The van der Waals surface area contributed by atoms with Crippen molar-refractivity contribution in [3.05, 3.63) is 27.9 Å². The number of carbonyl (C=O) groups excluding carboxylic acids is 1. The van der Waals surface area contributed by atoms with Crippen molar-refractivity contribution in [3.63, 3.8) is 0 Å². The molecular weight excluding hydrogens is 254 g/mol. The number of hydrogen-bond donors (Lipinski definition) is 2. The van der Waals surface area contributed by atoms with Crippen molar-refractivity contribution >= 4 is 17.7 Å². The second kappa shape index (κ2) is 5.51. The molecule has 1 aromatic rings. The average Bonchev–Trinajstić information content (AvgIpc) is 2.69. The standard InChI is InChI=1S/C11H15N3O5/c1-6(11(16)17)7(2)12-10(15)8-4-5-9(13(8)3)14(18)19/h4-7H,1-3H3,(H,12,15)(H,16,17). The van der Waals surface area contributed by atoms with Crippen LogP contribution in [-0.2, 0) is 11.8 Å². The Balaban J connectivity index is 2.85. The molecule has 1 amide bonds. The number of amides is 1. The summed E-state index contributed by atoms with van der Waals surface area (Å²) >= 11 is 0. The van der Waals surface area contributed by atoms with E-state index in [0.717, 1.165) is 4.57 Å². The lowest BCUT2D eigenvalue weighted by atomic mass is 10.0. The van der Waals surface area contributed by atoms with Crippen molar-refractivity contribution in [1.82, 2.24) is 9.88 Å². The highest BCUT2D eigenvalue weighted by Crippen LogP contribution is 2.15. The van der Waals surface area contributed by atoms with Crippen LogP contribution in [0.15, 0.2) is 12.1 Å². The maximum atomic E-state index is 11.9. The van der Waals surface area contributed by atoms with E-state index in [2.05, 4.69) is 5.32 Å². The number of nitrogens with zero attached hydrogens (tertiary/aromatic N) is 2. The Morgan fingerprint density at radius 1 is 1.42 bits per heavy atom. The smallest absolute Gasteiger partial charge is 0.323 e. The minimum atomic E-state index is -1.02. The summed E-state index contributed by atoms with van der Waals surface area (Å²) < 4.78 is 1.15. The second-order valence-electron chi connectivity index (χ2n) is 4.28. The molecular formula is C11H15N3O5. The third kappa shape index (κ3) is 3.09. The van der Waals surface area contributed by atoms with Crippen molar-refractivity contribution < 1.29 is 19.6 Å². The SMILES string of the molecule is CC(NC(=O)c1ccc([N+](=O)[O-])n1C)C(C)C(=O)O. The van der Waals surface area contributed by atoms with Gasteiger partial charge in [0.1, 0.15) is 0 Å². The van der Waals surface area contributed by atoms with E-state index in [0.29, 0.717) is 0 Å². The van der Waals surface area contributed by atoms with Crippen LogP contribution in [-0.4, -0.2) is 32.5 Å². The molecule has 0 aliphatic carbocycles. The summed E-state index contributed by atoms with van der Waals surface area (Å²) in [7, 11) is 1.40. The lowest BCUT2D eigenvalue weighted by Gasteiger charge is -2.16. The van der Waals surface area contributed by atoms with Crippen LogP contribution < -0.4 is 5.32 Å². The number of nitro groups is 1. The predicted molar refractivity (Wildman–Crippen MR) is 65.8 cm³/mol. The Morgan fingerprint density at radius 3 is 2.42 bits per heavy atom. The van der Waals surface area contributed by atoms with Crippen LogP contribution in [0.25, 0.3) is 0 Å². The van der Waals surface area contributed by atoms with Gasteiger partial charge in [-0.3, -0.25) is 9.59 Å². The summed E-state index contributed by atoms with van der Waals surface area (Å²) in [6, 6.07) is 1.96. The van der Waals surface area contributed by atoms with E-state index < -0.39 is 28.8 Å². The number of carboxylic acid groups (broad SMARTS) is 1. The first kappa shape index (κ1) is 14.7. The topological polar surface area (TPSA) is 114 Å². The zero-order chi connectivity index (χ0) is 14.7. The van der Waals surface area contributed by atoms with Gasteiger partial charge >= 0.3 is 11.8 Å². The molecule has 2 unspecified atom stereocenters. The van der Waals surface area contributed by atoms with Gasteiger partial charge in [0.2, 0.25) is 0 Å². The van der Waals surface area contributed by atoms with Crippen molar-refractivity contribution in [2.75, 3.05) is 0 Å². The monoisotopic (exact) mass is 269 g/mol. The molecule has 0 aliphatic heterocycles. The van der Waals surface area contributed by atoms with E-state index in [1.54, 1.807) is 6.92 Å². The molecule has 0 aromatic carbocycles. The van der Waals surface area contributed by atoms with E-state index in [4.69, 9.17) is 5.11 Å². The minimum Gasteiger partial charge on any atom is -0.481 e. The first-order chi connectivity index (χ1) is 8.75. The molecule has 8 nitrogen and oxygen atoms in total. The van der Waals surface area contributed by atoms with Gasteiger partial charge in [-0.1, -0.05) is 0 Å². The molecule has 1 rings (SSSR count). The number of aromatic nitrogens is 1. The first-order valence-corrected chi connectivity index (χ1v) is 5.59. The van der Waals surface area contributed by atoms with Crippen LogP contribution >= 0.6 is 0 Å². The first-order valence-electron chi connectivity index (χ1n) is 5.59. The fraction of sp³-hybridized carbons (Fsp3) is 0.455. The van der Waals surface area contributed by atoms with E-state index in [1.807, 2.05) is 0 Å². The molecule has 0 saturated heterocycles. The van der Waals surface area contributed by atoms with Gasteiger partial charge in [0.05, 0.1) is 13.0 Å². The Labute approximate surface area is 109 Å². The number of hydrogen-bond acceptors (Lipinski definition) is 4. The third-order valence-corrected chi connectivity index (χ3v) is 3.01. The normalized spacial score (nSPS) is 13.6. The number of carbonyl (C=O) groups is 2. The van der Waals surface area contributed by atoms with E-state index in [9.17, 15) is 19.7 Å². The predicted octanol–water partition coefficient (Wildman–Crippen LogP) is 0.772. The third-order valence-electron chi connectivity index (χ3n) is 3.01. The van der Waals surface area contributed by atoms with E-state index in [-0.39, 0.29) is 11.5 Å².